The maximum absolute atomic E-state index is 2.37. The molecule has 0 spiro atoms. The van der Waals surface area contributed by atoms with Gasteiger partial charge in [-0.25, -0.2) is 0 Å². The van der Waals surface area contributed by atoms with E-state index in [1.165, 1.54) is 83.9 Å². The molecule has 180 valence electrons. The number of hydrogen-bond donors (Lipinski definition) is 0. The molecule has 2 aromatic rings. The number of hydrogen-bond acceptors (Lipinski definition) is 0. The van der Waals surface area contributed by atoms with Crippen LogP contribution in [0.2, 0.25) is 0 Å². The first kappa shape index (κ1) is 28.7. The molecule has 2 aliphatic rings. The van der Waals surface area contributed by atoms with Crippen LogP contribution in [0.1, 0.15) is 99.6 Å². The van der Waals surface area contributed by atoms with Crippen LogP contribution in [-0.4, -0.2) is 0 Å². The Kier molecular flexibility index (Phi) is 14.2. The van der Waals surface area contributed by atoms with E-state index in [4.69, 9.17) is 0 Å². The zero-order valence-electron chi connectivity index (χ0n) is 22.7. The fourth-order valence-corrected chi connectivity index (χ4v) is 4.21. The normalized spacial score (nSPS) is 13.0. The summed E-state index contributed by atoms with van der Waals surface area (Å²) >= 11 is 0. The molecule has 0 fully saturated rings. The summed E-state index contributed by atoms with van der Waals surface area (Å²) in [6.07, 6.45) is 22.0. The number of allylic oxidation sites excluding steroid dienone is 5. The Morgan fingerprint density at radius 3 is 1.85 bits per heavy atom. The molecule has 4 rings (SSSR count). The molecule has 2 aliphatic carbocycles. The molecule has 0 atom stereocenters. The minimum absolute atomic E-state index is 1.17. The van der Waals surface area contributed by atoms with Crippen LogP contribution < -0.4 is 0 Å². The van der Waals surface area contributed by atoms with E-state index >= 15 is 0 Å². The van der Waals surface area contributed by atoms with Crippen LogP contribution in [0.5, 0.6) is 0 Å². The van der Waals surface area contributed by atoms with Gasteiger partial charge in [-0.1, -0.05) is 108 Å². The summed E-state index contributed by atoms with van der Waals surface area (Å²) in [4.78, 5) is 0. The second kappa shape index (κ2) is 16.3. The number of unbranched alkanes of at least 4 members (excludes halogenated alkanes) is 2. The maximum Gasteiger partial charge on any atom is -0.0146 e. The molecule has 0 saturated heterocycles. The first-order valence-corrected chi connectivity index (χ1v) is 13.2. The smallest absolute Gasteiger partial charge is 0.0146 e. The Bertz CT molecular complexity index is 908. The Morgan fingerprint density at radius 1 is 0.697 bits per heavy atom. The van der Waals surface area contributed by atoms with Crippen LogP contribution in [0.25, 0.3) is 17.2 Å². The summed E-state index contributed by atoms with van der Waals surface area (Å²) in [5.41, 5.74) is 11.4. The van der Waals surface area contributed by atoms with Crippen molar-refractivity contribution in [3.63, 3.8) is 0 Å². The summed E-state index contributed by atoms with van der Waals surface area (Å²) in [5.74, 6) is 0. The second-order valence-corrected chi connectivity index (χ2v) is 8.73. The van der Waals surface area contributed by atoms with E-state index in [0.717, 1.165) is 0 Å². The predicted octanol–water partition coefficient (Wildman–Crippen LogP) is 10.7. The third-order valence-corrected chi connectivity index (χ3v) is 6.30. The first-order chi connectivity index (χ1) is 16.0. The minimum atomic E-state index is 1.17. The highest BCUT2D eigenvalue weighted by Crippen LogP contribution is 2.35. The van der Waals surface area contributed by atoms with Crippen molar-refractivity contribution in [1.82, 2.24) is 0 Å². The molecule has 0 radical (unpaired) electrons. The Morgan fingerprint density at radius 2 is 1.33 bits per heavy atom. The van der Waals surface area contributed by atoms with Crippen molar-refractivity contribution >= 4 is 6.08 Å². The van der Waals surface area contributed by atoms with Gasteiger partial charge in [-0.2, -0.15) is 0 Å². The van der Waals surface area contributed by atoms with Gasteiger partial charge in [0.2, 0.25) is 0 Å². The van der Waals surface area contributed by atoms with Crippen LogP contribution in [0, 0.1) is 27.7 Å². The Balaban J connectivity index is 0.000000345. The molecule has 0 aromatic heterocycles. The van der Waals surface area contributed by atoms with E-state index in [0.29, 0.717) is 0 Å². The molecule has 0 heteroatoms. The lowest BCUT2D eigenvalue weighted by atomic mass is 9.84. The summed E-state index contributed by atoms with van der Waals surface area (Å²) < 4.78 is 0. The molecule has 0 heterocycles. The third kappa shape index (κ3) is 8.84. The van der Waals surface area contributed by atoms with E-state index in [9.17, 15) is 0 Å². The van der Waals surface area contributed by atoms with Crippen LogP contribution in [-0.2, 0) is 6.42 Å². The van der Waals surface area contributed by atoms with Crippen molar-refractivity contribution in [3.05, 3.63) is 88.0 Å². The second-order valence-electron chi connectivity index (χ2n) is 8.73. The molecule has 0 bridgehead atoms. The molecule has 0 N–H and O–H groups in total. The lowest BCUT2D eigenvalue weighted by Crippen LogP contribution is -2.03. The van der Waals surface area contributed by atoms with E-state index < -0.39 is 0 Å². The van der Waals surface area contributed by atoms with Gasteiger partial charge in [0.15, 0.2) is 0 Å². The summed E-state index contributed by atoms with van der Waals surface area (Å²) in [6, 6.07) is 8.99. The molecule has 0 aliphatic heterocycles. The van der Waals surface area contributed by atoms with E-state index in [-0.39, 0.29) is 0 Å². The van der Waals surface area contributed by atoms with Crippen molar-refractivity contribution in [2.24, 2.45) is 0 Å². The van der Waals surface area contributed by atoms with Gasteiger partial charge in [0.1, 0.15) is 0 Å². The summed E-state index contributed by atoms with van der Waals surface area (Å²) in [7, 11) is 0. The van der Waals surface area contributed by atoms with Crippen molar-refractivity contribution in [2.75, 3.05) is 0 Å². The highest BCUT2D eigenvalue weighted by Gasteiger charge is 2.16. The molecule has 33 heavy (non-hydrogen) atoms. The monoisotopic (exact) mass is 444 g/mol. The summed E-state index contributed by atoms with van der Waals surface area (Å²) in [5, 5.41) is 0. The van der Waals surface area contributed by atoms with Gasteiger partial charge in [-0.05, 0) is 97.9 Å². The van der Waals surface area contributed by atoms with Gasteiger partial charge in [-0.15, -0.1) is 0 Å². The van der Waals surface area contributed by atoms with Crippen molar-refractivity contribution in [2.45, 2.75) is 100 Å². The fraction of sp³-hybridized carbons (Fsp3) is 0.455. The van der Waals surface area contributed by atoms with Crippen LogP contribution in [0.4, 0.5) is 0 Å². The summed E-state index contributed by atoms with van der Waals surface area (Å²) in [6.45, 7) is 17.4. The molecular weight excluding hydrogens is 396 g/mol. The van der Waals surface area contributed by atoms with Gasteiger partial charge < -0.3 is 0 Å². The lowest BCUT2D eigenvalue weighted by molar-refractivity contribution is 0.772. The van der Waals surface area contributed by atoms with E-state index in [1.807, 2.05) is 13.8 Å². The number of benzene rings is 2. The number of rotatable bonds is 3. The average Bonchev–Trinajstić information content (AvgIpc) is 2.87. The third-order valence-electron chi connectivity index (χ3n) is 6.30. The van der Waals surface area contributed by atoms with Gasteiger partial charge in [0.25, 0.3) is 0 Å². The van der Waals surface area contributed by atoms with Crippen molar-refractivity contribution in [3.8, 4) is 11.1 Å². The van der Waals surface area contributed by atoms with Gasteiger partial charge in [-0.3, -0.25) is 0 Å². The molecule has 0 nitrogen and oxygen atoms in total. The Labute approximate surface area is 205 Å². The molecule has 0 amide bonds. The predicted molar refractivity (Wildman–Crippen MR) is 152 cm³/mol. The average molecular weight is 445 g/mol. The van der Waals surface area contributed by atoms with Gasteiger partial charge in [0.05, 0.1) is 0 Å². The molecular formula is C33H48. The maximum atomic E-state index is 2.37. The zero-order chi connectivity index (χ0) is 24.6. The Hall–Kier alpha value is -2.34. The highest BCUT2D eigenvalue weighted by atomic mass is 14.2. The van der Waals surface area contributed by atoms with E-state index in [1.54, 1.807) is 5.56 Å². The number of aryl methyl sites for hydroxylation is 2. The largest absolute Gasteiger partial charge is 0.0842 e. The quantitative estimate of drug-likeness (QED) is 0.441. The molecule has 0 unspecified atom stereocenters. The standard InChI is InChI=1S/C20H22.C6H8.C5H12.C2H6/c1-13-8-7-11-18(15(13)3)20-12-14(2)17-9-5-6-10-19(17)16(20)4;1-2-4-6-5-3-1;1-3-5-4-2;1-2/h5,7-9,11-12H,6,10H2,1-4H3;1-4H,5-6H2;3-5H2,1-2H3;1-2H3. The van der Waals surface area contributed by atoms with Crippen LogP contribution in [0.3, 0.4) is 0 Å². The van der Waals surface area contributed by atoms with Crippen LogP contribution >= 0.6 is 0 Å². The van der Waals surface area contributed by atoms with Crippen LogP contribution in [0.15, 0.2) is 54.6 Å². The lowest BCUT2D eigenvalue weighted by Gasteiger charge is -2.21. The fourth-order valence-electron chi connectivity index (χ4n) is 4.21. The topological polar surface area (TPSA) is 0 Å². The molecule has 2 aromatic carbocycles. The number of fused-ring (bicyclic) bond motifs is 1. The SMILES string of the molecule is C1=CCCC=C1.CC.CCCCC.Cc1cccc(-c2cc(C)c3c(c2C)CCC=C3)c1C. The van der Waals surface area contributed by atoms with E-state index in [2.05, 4.69) is 102 Å². The zero-order valence-corrected chi connectivity index (χ0v) is 22.7. The van der Waals surface area contributed by atoms with Crippen molar-refractivity contribution in [1.29, 1.82) is 0 Å². The van der Waals surface area contributed by atoms with Gasteiger partial charge >= 0.3 is 0 Å². The van der Waals surface area contributed by atoms with Gasteiger partial charge in [0, 0.05) is 0 Å². The minimum Gasteiger partial charge on any atom is -0.0842 e. The molecule has 0 saturated carbocycles. The first-order valence-electron chi connectivity index (χ1n) is 13.2. The highest BCUT2D eigenvalue weighted by molar-refractivity contribution is 5.77. The van der Waals surface area contributed by atoms with Crippen molar-refractivity contribution < 1.29 is 0 Å².